The van der Waals surface area contributed by atoms with E-state index in [2.05, 4.69) is 43.9 Å². The first-order chi connectivity index (χ1) is 12.4. The SMILES string of the molecule is C[Si](C)(C)CCOCn1nc(CCc2ccccc2)c2cc(N)ccc21. The predicted octanol–water partition coefficient (Wildman–Crippen LogP) is 4.72. The number of fused-ring (bicyclic) bond motifs is 1. The molecule has 138 valence electrons. The molecule has 0 aliphatic carbocycles. The summed E-state index contributed by atoms with van der Waals surface area (Å²) in [5.74, 6) is 0. The molecular formula is C21H29N3OSi. The summed E-state index contributed by atoms with van der Waals surface area (Å²) in [6.07, 6.45) is 1.87. The molecule has 0 saturated carbocycles. The van der Waals surface area contributed by atoms with Gasteiger partial charge in [0.15, 0.2) is 0 Å². The molecule has 0 aliphatic heterocycles. The van der Waals surface area contributed by atoms with Crippen LogP contribution in [0.15, 0.2) is 48.5 Å². The first-order valence-corrected chi connectivity index (χ1v) is 13.0. The lowest BCUT2D eigenvalue weighted by Crippen LogP contribution is -2.22. The molecule has 3 rings (SSSR count). The van der Waals surface area contributed by atoms with Crippen molar-refractivity contribution < 1.29 is 4.74 Å². The largest absolute Gasteiger partial charge is 0.399 e. The van der Waals surface area contributed by atoms with Crippen LogP contribution in [-0.2, 0) is 24.3 Å². The molecule has 0 radical (unpaired) electrons. The molecule has 2 N–H and O–H groups in total. The van der Waals surface area contributed by atoms with E-state index in [-0.39, 0.29) is 0 Å². The van der Waals surface area contributed by atoms with E-state index < -0.39 is 8.07 Å². The standard InChI is InChI=1S/C21H29N3OSi/c1-26(2,3)14-13-25-16-24-21-12-10-18(22)15-19(21)20(23-24)11-9-17-7-5-4-6-8-17/h4-8,10,12,15H,9,11,13-14,16,22H2,1-3H3. The molecule has 0 bridgehead atoms. The fraction of sp³-hybridized carbons (Fsp3) is 0.381. The van der Waals surface area contributed by atoms with E-state index in [9.17, 15) is 0 Å². The van der Waals surface area contributed by atoms with Gasteiger partial charge in [0, 0.05) is 25.8 Å². The molecule has 1 heterocycles. The third-order valence-electron chi connectivity index (χ3n) is 4.55. The number of aryl methyl sites for hydroxylation is 2. The third kappa shape index (κ3) is 4.96. The molecule has 1 aromatic heterocycles. The molecule has 5 heteroatoms. The van der Waals surface area contributed by atoms with Crippen molar-refractivity contribution in [1.29, 1.82) is 0 Å². The maximum atomic E-state index is 6.02. The van der Waals surface area contributed by atoms with Crippen LogP contribution in [0.25, 0.3) is 10.9 Å². The summed E-state index contributed by atoms with van der Waals surface area (Å²) in [4.78, 5) is 0. The zero-order valence-electron chi connectivity index (χ0n) is 16.0. The summed E-state index contributed by atoms with van der Waals surface area (Å²) >= 11 is 0. The first kappa shape index (κ1) is 18.7. The average molecular weight is 368 g/mol. The zero-order valence-corrected chi connectivity index (χ0v) is 17.0. The highest BCUT2D eigenvalue weighted by molar-refractivity contribution is 6.76. The summed E-state index contributed by atoms with van der Waals surface area (Å²) in [6, 6.07) is 17.7. The third-order valence-corrected chi connectivity index (χ3v) is 6.26. The molecule has 0 fully saturated rings. The molecule has 0 amide bonds. The molecule has 3 aromatic rings. The molecule has 4 nitrogen and oxygen atoms in total. The number of anilines is 1. The van der Waals surface area contributed by atoms with E-state index in [1.165, 1.54) is 11.6 Å². The van der Waals surface area contributed by atoms with Crippen molar-refractivity contribution in [3.8, 4) is 0 Å². The number of benzene rings is 2. The minimum Gasteiger partial charge on any atom is -0.399 e. The number of hydrogen-bond donors (Lipinski definition) is 1. The Balaban J connectivity index is 1.74. The minimum atomic E-state index is -1.07. The zero-order chi connectivity index (χ0) is 18.6. The minimum absolute atomic E-state index is 0.496. The molecule has 0 unspecified atom stereocenters. The summed E-state index contributed by atoms with van der Waals surface area (Å²) in [5.41, 5.74) is 10.3. The van der Waals surface area contributed by atoms with Gasteiger partial charge in [-0.1, -0.05) is 50.0 Å². The van der Waals surface area contributed by atoms with E-state index >= 15 is 0 Å². The second-order valence-corrected chi connectivity index (χ2v) is 13.7. The van der Waals surface area contributed by atoms with E-state index in [0.717, 1.165) is 41.7 Å². The van der Waals surface area contributed by atoms with Gasteiger partial charge in [-0.3, -0.25) is 0 Å². The van der Waals surface area contributed by atoms with Gasteiger partial charge in [-0.15, -0.1) is 0 Å². The van der Waals surface area contributed by atoms with Crippen molar-refractivity contribution in [1.82, 2.24) is 9.78 Å². The second-order valence-electron chi connectivity index (χ2n) is 8.06. The van der Waals surface area contributed by atoms with Crippen molar-refractivity contribution in [3.63, 3.8) is 0 Å². The lowest BCUT2D eigenvalue weighted by molar-refractivity contribution is 0.0814. The Bertz CT molecular complexity index is 853. The van der Waals surface area contributed by atoms with Crippen LogP contribution < -0.4 is 5.73 Å². The van der Waals surface area contributed by atoms with Crippen molar-refractivity contribution in [3.05, 3.63) is 59.8 Å². The lowest BCUT2D eigenvalue weighted by atomic mass is 10.1. The first-order valence-electron chi connectivity index (χ1n) is 9.29. The highest BCUT2D eigenvalue weighted by Gasteiger charge is 2.14. The summed E-state index contributed by atoms with van der Waals surface area (Å²) in [5, 5.41) is 5.96. The van der Waals surface area contributed by atoms with Gasteiger partial charge in [-0.25, -0.2) is 4.68 Å². The van der Waals surface area contributed by atoms with Gasteiger partial charge in [-0.05, 0) is 42.6 Å². The van der Waals surface area contributed by atoms with Crippen LogP contribution in [0.3, 0.4) is 0 Å². The fourth-order valence-electron chi connectivity index (χ4n) is 2.98. The molecule has 0 atom stereocenters. The van der Waals surface area contributed by atoms with Gasteiger partial charge >= 0.3 is 0 Å². The Kier molecular flexibility index (Phi) is 5.79. The Labute approximate surface area is 157 Å². The number of rotatable bonds is 8. The van der Waals surface area contributed by atoms with Crippen molar-refractivity contribution in [2.75, 3.05) is 12.3 Å². The number of ether oxygens (including phenoxy) is 1. The fourth-order valence-corrected chi connectivity index (χ4v) is 3.74. The molecule has 0 aliphatic rings. The highest BCUT2D eigenvalue weighted by Crippen LogP contribution is 2.23. The van der Waals surface area contributed by atoms with E-state index in [0.29, 0.717) is 6.73 Å². The van der Waals surface area contributed by atoms with Crippen LogP contribution in [0.5, 0.6) is 0 Å². The Morgan fingerprint density at radius 2 is 1.81 bits per heavy atom. The Morgan fingerprint density at radius 3 is 2.54 bits per heavy atom. The van der Waals surface area contributed by atoms with Gasteiger partial charge in [-0.2, -0.15) is 5.10 Å². The quantitative estimate of drug-likeness (QED) is 0.356. The monoisotopic (exact) mass is 367 g/mol. The smallest absolute Gasteiger partial charge is 0.140 e. The van der Waals surface area contributed by atoms with Crippen LogP contribution >= 0.6 is 0 Å². The molecular weight excluding hydrogens is 338 g/mol. The van der Waals surface area contributed by atoms with E-state index in [1.807, 2.05) is 28.9 Å². The maximum Gasteiger partial charge on any atom is 0.140 e. The summed E-state index contributed by atoms with van der Waals surface area (Å²) in [6.45, 7) is 8.39. The predicted molar refractivity (Wildman–Crippen MR) is 112 cm³/mol. The second kappa shape index (κ2) is 8.06. The molecule has 26 heavy (non-hydrogen) atoms. The molecule has 2 aromatic carbocycles. The average Bonchev–Trinajstić information content (AvgIpc) is 2.94. The normalized spacial score (nSPS) is 12.0. The van der Waals surface area contributed by atoms with Crippen LogP contribution in [0.4, 0.5) is 5.69 Å². The number of hydrogen-bond acceptors (Lipinski definition) is 3. The van der Waals surface area contributed by atoms with Gasteiger partial charge < -0.3 is 10.5 Å². The molecule has 0 saturated heterocycles. The van der Waals surface area contributed by atoms with E-state index in [4.69, 9.17) is 15.6 Å². The van der Waals surface area contributed by atoms with Gasteiger partial charge in [0.25, 0.3) is 0 Å². The molecule has 0 spiro atoms. The Hall–Kier alpha value is -2.11. The topological polar surface area (TPSA) is 53.1 Å². The summed E-state index contributed by atoms with van der Waals surface area (Å²) in [7, 11) is -1.07. The van der Waals surface area contributed by atoms with E-state index in [1.54, 1.807) is 0 Å². The van der Waals surface area contributed by atoms with Gasteiger partial charge in [0.2, 0.25) is 0 Å². The van der Waals surface area contributed by atoms with Crippen molar-refractivity contribution in [2.45, 2.75) is 45.3 Å². The van der Waals surface area contributed by atoms with Crippen LogP contribution in [0.1, 0.15) is 11.3 Å². The van der Waals surface area contributed by atoms with Gasteiger partial charge in [0.05, 0.1) is 11.2 Å². The Morgan fingerprint density at radius 1 is 1.04 bits per heavy atom. The maximum absolute atomic E-state index is 6.02. The number of aromatic nitrogens is 2. The lowest BCUT2D eigenvalue weighted by Gasteiger charge is -2.15. The highest BCUT2D eigenvalue weighted by atomic mass is 28.3. The number of nitrogens with zero attached hydrogens (tertiary/aromatic N) is 2. The van der Waals surface area contributed by atoms with Crippen LogP contribution in [0, 0.1) is 0 Å². The van der Waals surface area contributed by atoms with Crippen molar-refractivity contribution >= 4 is 24.7 Å². The number of nitrogen functional groups attached to an aromatic ring is 1. The van der Waals surface area contributed by atoms with Crippen LogP contribution in [-0.4, -0.2) is 24.5 Å². The van der Waals surface area contributed by atoms with Crippen LogP contribution in [0.2, 0.25) is 25.7 Å². The van der Waals surface area contributed by atoms with Crippen molar-refractivity contribution in [2.24, 2.45) is 0 Å². The van der Waals surface area contributed by atoms with Gasteiger partial charge in [0.1, 0.15) is 6.73 Å². The number of nitrogens with two attached hydrogens (primary N) is 1. The summed E-state index contributed by atoms with van der Waals surface area (Å²) < 4.78 is 7.89.